The van der Waals surface area contributed by atoms with E-state index in [1.165, 1.54) is 0 Å². The zero-order valence-electron chi connectivity index (χ0n) is 7.73. The van der Waals surface area contributed by atoms with Crippen LogP contribution in [-0.2, 0) is 0 Å². The lowest BCUT2D eigenvalue weighted by Gasteiger charge is -2.30. The van der Waals surface area contributed by atoms with Gasteiger partial charge in [-0.25, -0.2) is 10.8 Å². The number of nitrogen functional groups attached to an aromatic ring is 1. The normalized spacial score (nSPS) is 14.8. The van der Waals surface area contributed by atoms with Crippen molar-refractivity contribution in [1.29, 1.82) is 0 Å². The van der Waals surface area contributed by atoms with E-state index in [1.807, 2.05) is 0 Å². The second kappa shape index (κ2) is 3.63. The summed E-state index contributed by atoms with van der Waals surface area (Å²) >= 11 is 0. The average Bonchev–Trinajstić information content (AvgIpc) is 2.15. The number of amides is 1. The summed E-state index contributed by atoms with van der Waals surface area (Å²) in [4.78, 5) is 17.5. The molecule has 5 heteroatoms. The average molecular weight is 192 g/mol. The van der Waals surface area contributed by atoms with Crippen LogP contribution in [0.1, 0.15) is 16.9 Å². The van der Waals surface area contributed by atoms with Crippen LogP contribution in [0.5, 0.6) is 0 Å². The monoisotopic (exact) mass is 192 g/mol. The number of hydrogen-bond donors (Lipinski definition) is 2. The Hall–Kier alpha value is -1.62. The van der Waals surface area contributed by atoms with Gasteiger partial charge in [0, 0.05) is 13.1 Å². The number of carbonyl (C=O) groups excluding carboxylic acids is 1. The highest BCUT2D eigenvalue weighted by Crippen LogP contribution is 2.12. The molecule has 1 aromatic rings. The molecule has 1 fully saturated rings. The van der Waals surface area contributed by atoms with Crippen molar-refractivity contribution in [1.82, 2.24) is 9.88 Å². The summed E-state index contributed by atoms with van der Waals surface area (Å²) in [6.07, 6.45) is 1.08. The van der Waals surface area contributed by atoms with Gasteiger partial charge in [0.25, 0.3) is 5.91 Å². The maximum Gasteiger partial charge on any atom is 0.272 e. The largest absolute Gasteiger partial charge is 0.337 e. The zero-order chi connectivity index (χ0) is 9.97. The summed E-state index contributed by atoms with van der Waals surface area (Å²) in [5.74, 6) is 5.69. The molecule has 0 spiro atoms. The Morgan fingerprint density at radius 3 is 2.86 bits per heavy atom. The Labute approximate surface area is 81.9 Å². The van der Waals surface area contributed by atoms with Gasteiger partial charge in [0.2, 0.25) is 0 Å². The zero-order valence-corrected chi connectivity index (χ0v) is 7.73. The first-order valence-electron chi connectivity index (χ1n) is 4.54. The molecule has 2 heterocycles. The van der Waals surface area contributed by atoms with Gasteiger partial charge < -0.3 is 10.3 Å². The van der Waals surface area contributed by atoms with E-state index >= 15 is 0 Å². The van der Waals surface area contributed by atoms with Crippen molar-refractivity contribution >= 4 is 11.7 Å². The maximum absolute atomic E-state index is 11.7. The topological polar surface area (TPSA) is 71.2 Å². The molecular formula is C9H12N4O. The van der Waals surface area contributed by atoms with Gasteiger partial charge in [-0.05, 0) is 18.6 Å². The number of aromatic nitrogens is 1. The number of pyridine rings is 1. The van der Waals surface area contributed by atoms with E-state index in [4.69, 9.17) is 5.84 Å². The Morgan fingerprint density at radius 1 is 1.50 bits per heavy atom. The van der Waals surface area contributed by atoms with Crippen molar-refractivity contribution in [3.8, 4) is 0 Å². The molecule has 1 aromatic heterocycles. The first-order chi connectivity index (χ1) is 6.81. The Morgan fingerprint density at radius 2 is 2.29 bits per heavy atom. The fourth-order valence-corrected chi connectivity index (χ4v) is 1.32. The predicted molar refractivity (Wildman–Crippen MR) is 52.6 cm³/mol. The van der Waals surface area contributed by atoms with Crippen molar-refractivity contribution in [3.05, 3.63) is 23.9 Å². The van der Waals surface area contributed by atoms with E-state index in [2.05, 4.69) is 10.4 Å². The molecule has 0 saturated carbocycles. The predicted octanol–water partition coefficient (Wildman–Crippen LogP) is 0.213. The molecule has 2 rings (SSSR count). The molecule has 5 nitrogen and oxygen atoms in total. The molecule has 0 aromatic carbocycles. The first kappa shape index (κ1) is 8.96. The quantitative estimate of drug-likeness (QED) is 0.519. The van der Waals surface area contributed by atoms with E-state index < -0.39 is 0 Å². The molecular weight excluding hydrogens is 180 g/mol. The van der Waals surface area contributed by atoms with Gasteiger partial charge in [-0.15, -0.1) is 0 Å². The van der Waals surface area contributed by atoms with Crippen LogP contribution in [0.25, 0.3) is 0 Å². The Bertz CT molecular complexity index is 348. The van der Waals surface area contributed by atoms with Crippen molar-refractivity contribution < 1.29 is 4.79 Å². The van der Waals surface area contributed by atoms with E-state index in [-0.39, 0.29) is 5.91 Å². The molecule has 1 amide bonds. The minimum absolute atomic E-state index is 0.0200. The van der Waals surface area contributed by atoms with Gasteiger partial charge in [0.1, 0.15) is 11.5 Å². The highest BCUT2D eigenvalue weighted by Gasteiger charge is 2.22. The minimum atomic E-state index is -0.0200. The summed E-state index contributed by atoms with van der Waals surface area (Å²) < 4.78 is 0. The number of rotatable bonds is 2. The number of hydrogen-bond acceptors (Lipinski definition) is 4. The molecule has 3 N–H and O–H groups in total. The molecule has 0 aliphatic carbocycles. The van der Waals surface area contributed by atoms with Crippen molar-refractivity contribution in [3.63, 3.8) is 0 Å². The van der Waals surface area contributed by atoms with Crippen molar-refractivity contribution in [2.75, 3.05) is 18.5 Å². The lowest BCUT2D eigenvalue weighted by molar-refractivity contribution is 0.0646. The summed E-state index contributed by atoms with van der Waals surface area (Å²) in [6, 6.07) is 5.17. The van der Waals surface area contributed by atoms with Crippen LogP contribution < -0.4 is 11.3 Å². The Kier molecular flexibility index (Phi) is 2.32. The number of likely N-dealkylation sites (tertiary alicyclic amines) is 1. The lowest BCUT2D eigenvalue weighted by Crippen LogP contribution is -2.42. The van der Waals surface area contributed by atoms with Crippen LogP contribution in [0, 0.1) is 0 Å². The highest BCUT2D eigenvalue weighted by atomic mass is 16.2. The van der Waals surface area contributed by atoms with E-state index in [9.17, 15) is 4.79 Å². The maximum atomic E-state index is 11.7. The fraction of sp³-hybridized carbons (Fsp3) is 0.333. The first-order valence-corrected chi connectivity index (χ1v) is 4.54. The second-order valence-electron chi connectivity index (χ2n) is 3.20. The fourth-order valence-electron chi connectivity index (χ4n) is 1.32. The molecule has 1 saturated heterocycles. The van der Waals surface area contributed by atoms with Crippen LogP contribution in [0.4, 0.5) is 5.82 Å². The van der Waals surface area contributed by atoms with Gasteiger partial charge in [-0.1, -0.05) is 6.07 Å². The lowest BCUT2D eigenvalue weighted by atomic mass is 10.2. The van der Waals surface area contributed by atoms with Crippen LogP contribution in [-0.4, -0.2) is 28.9 Å². The number of nitrogens with zero attached hydrogens (tertiary/aromatic N) is 2. The van der Waals surface area contributed by atoms with Gasteiger partial charge in [-0.3, -0.25) is 4.79 Å². The minimum Gasteiger partial charge on any atom is -0.337 e. The van der Waals surface area contributed by atoms with E-state index in [0.29, 0.717) is 11.5 Å². The highest BCUT2D eigenvalue weighted by molar-refractivity contribution is 5.93. The molecule has 1 aliphatic rings. The molecule has 74 valence electrons. The van der Waals surface area contributed by atoms with Crippen LogP contribution in [0.3, 0.4) is 0 Å². The van der Waals surface area contributed by atoms with Crippen molar-refractivity contribution in [2.45, 2.75) is 6.42 Å². The SMILES string of the molecule is NNc1cccc(C(=O)N2CCC2)n1. The molecule has 14 heavy (non-hydrogen) atoms. The van der Waals surface area contributed by atoms with Crippen LogP contribution in [0.2, 0.25) is 0 Å². The van der Waals surface area contributed by atoms with Crippen molar-refractivity contribution in [2.24, 2.45) is 5.84 Å². The third-order valence-corrected chi connectivity index (χ3v) is 2.26. The summed E-state index contributed by atoms with van der Waals surface area (Å²) in [5, 5.41) is 0. The third kappa shape index (κ3) is 1.54. The van der Waals surface area contributed by atoms with Gasteiger partial charge in [-0.2, -0.15) is 0 Å². The van der Waals surface area contributed by atoms with Gasteiger partial charge >= 0.3 is 0 Å². The third-order valence-electron chi connectivity index (χ3n) is 2.26. The van der Waals surface area contributed by atoms with E-state index in [1.54, 1.807) is 23.1 Å². The van der Waals surface area contributed by atoms with Crippen LogP contribution >= 0.6 is 0 Å². The molecule has 0 bridgehead atoms. The van der Waals surface area contributed by atoms with Crippen LogP contribution in [0.15, 0.2) is 18.2 Å². The summed E-state index contributed by atoms with van der Waals surface area (Å²) in [6.45, 7) is 1.67. The molecule has 1 aliphatic heterocycles. The smallest absolute Gasteiger partial charge is 0.272 e. The Balaban J connectivity index is 2.18. The van der Waals surface area contributed by atoms with Gasteiger partial charge in [0.15, 0.2) is 0 Å². The standard InChI is InChI=1S/C9H12N4O/c10-12-8-4-1-3-7(11-8)9(14)13-5-2-6-13/h1,3-4H,2,5-6,10H2,(H,11,12). The number of nitrogens with two attached hydrogens (primary N) is 1. The second-order valence-corrected chi connectivity index (χ2v) is 3.20. The summed E-state index contributed by atoms with van der Waals surface area (Å²) in [7, 11) is 0. The summed E-state index contributed by atoms with van der Waals surface area (Å²) in [5.41, 5.74) is 2.86. The molecule has 0 unspecified atom stereocenters. The van der Waals surface area contributed by atoms with E-state index in [0.717, 1.165) is 19.5 Å². The van der Waals surface area contributed by atoms with Gasteiger partial charge in [0.05, 0.1) is 0 Å². The number of anilines is 1. The number of hydrazine groups is 1. The number of nitrogens with one attached hydrogen (secondary N) is 1. The molecule has 0 radical (unpaired) electrons. The number of carbonyl (C=O) groups is 1. The molecule has 0 atom stereocenters.